The average molecular weight is 498 g/mol. The molecule has 0 amide bonds. The lowest BCUT2D eigenvalue weighted by molar-refractivity contribution is 0.412. The SMILES string of the molecule is CCCCn1nnc(/C=C/c2ccc(C3Cc4cc(OC)ccc4C(C)N3c3ccc(F)cc3)cc2)n1. The molecule has 2 heterocycles. The van der Waals surface area contributed by atoms with Gasteiger partial charge in [-0.05, 0) is 89.7 Å². The second kappa shape index (κ2) is 10.9. The van der Waals surface area contributed by atoms with Crippen LogP contribution in [0.15, 0.2) is 66.7 Å². The highest BCUT2D eigenvalue weighted by atomic mass is 19.1. The van der Waals surface area contributed by atoms with Crippen LogP contribution < -0.4 is 9.64 Å². The highest BCUT2D eigenvalue weighted by Crippen LogP contribution is 2.44. The molecule has 7 heteroatoms. The molecule has 2 atom stereocenters. The van der Waals surface area contributed by atoms with E-state index in [1.807, 2.05) is 30.4 Å². The van der Waals surface area contributed by atoms with Gasteiger partial charge in [-0.25, -0.2) is 4.39 Å². The van der Waals surface area contributed by atoms with E-state index >= 15 is 0 Å². The van der Waals surface area contributed by atoms with Crippen LogP contribution in [0.1, 0.15) is 66.9 Å². The Morgan fingerprint density at radius 3 is 2.54 bits per heavy atom. The number of nitrogens with zero attached hydrogens (tertiary/aromatic N) is 5. The molecular weight excluding hydrogens is 465 g/mol. The number of fused-ring (bicyclic) bond motifs is 1. The Kier molecular flexibility index (Phi) is 7.30. The number of aromatic nitrogens is 4. The van der Waals surface area contributed by atoms with E-state index in [-0.39, 0.29) is 17.9 Å². The predicted octanol–water partition coefficient (Wildman–Crippen LogP) is 6.66. The summed E-state index contributed by atoms with van der Waals surface area (Å²) in [5.74, 6) is 1.24. The van der Waals surface area contributed by atoms with Crippen LogP contribution in [0.25, 0.3) is 12.2 Å². The summed E-state index contributed by atoms with van der Waals surface area (Å²) in [7, 11) is 1.70. The summed E-state index contributed by atoms with van der Waals surface area (Å²) in [6.45, 7) is 5.13. The zero-order valence-corrected chi connectivity index (χ0v) is 21.5. The minimum Gasteiger partial charge on any atom is -0.497 e. The number of tetrazole rings is 1. The van der Waals surface area contributed by atoms with Crippen LogP contribution in [-0.2, 0) is 13.0 Å². The van der Waals surface area contributed by atoms with Crippen molar-refractivity contribution in [1.82, 2.24) is 20.2 Å². The van der Waals surface area contributed by atoms with E-state index in [0.29, 0.717) is 5.82 Å². The number of ether oxygens (including phenoxy) is 1. The molecule has 5 rings (SSSR count). The molecule has 1 aromatic heterocycles. The normalized spacial score (nSPS) is 17.2. The molecule has 0 radical (unpaired) electrons. The van der Waals surface area contributed by atoms with Crippen molar-refractivity contribution in [2.45, 2.75) is 51.7 Å². The van der Waals surface area contributed by atoms with E-state index in [9.17, 15) is 4.39 Å². The molecule has 0 saturated heterocycles. The van der Waals surface area contributed by atoms with E-state index in [2.05, 4.69) is 70.6 Å². The first-order valence-corrected chi connectivity index (χ1v) is 12.8. The van der Waals surface area contributed by atoms with Gasteiger partial charge in [0.25, 0.3) is 0 Å². The van der Waals surface area contributed by atoms with Crippen molar-refractivity contribution in [2.24, 2.45) is 0 Å². The van der Waals surface area contributed by atoms with Gasteiger partial charge in [0.2, 0.25) is 0 Å². The highest BCUT2D eigenvalue weighted by molar-refractivity contribution is 5.66. The molecule has 0 saturated carbocycles. The monoisotopic (exact) mass is 497 g/mol. The van der Waals surface area contributed by atoms with Gasteiger partial charge in [0, 0.05) is 5.69 Å². The number of unbranched alkanes of at least 4 members (excludes halogenated alkanes) is 1. The molecule has 1 aliphatic rings. The topological polar surface area (TPSA) is 56.1 Å². The molecule has 37 heavy (non-hydrogen) atoms. The number of hydrogen-bond donors (Lipinski definition) is 0. The maximum absolute atomic E-state index is 13.7. The second-order valence-corrected chi connectivity index (χ2v) is 9.44. The zero-order valence-electron chi connectivity index (χ0n) is 21.5. The van der Waals surface area contributed by atoms with E-state index in [4.69, 9.17) is 4.74 Å². The van der Waals surface area contributed by atoms with Crippen LogP contribution in [0.5, 0.6) is 5.75 Å². The first-order chi connectivity index (χ1) is 18.1. The number of aryl methyl sites for hydroxylation is 1. The van der Waals surface area contributed by atoms with Crippen molar-refractivity contribution in [3.05, 3.63) is 101 Å². The molecule has 0 aliphatic carbocycles. The third kappa shape index (κ3) is 5.40. The van der Waals surface area contributed by atoms with Crippen LogP contribution in [-0.4, -0.2) is 27.3 Å². The molecule has 1 aliphatic heterocycles. The van der Waals surface area contributed by atoms with Gasteiger partial charge in [0.05, 0.1) is 25.7 Å². The molecule has 3 aromatic carbocycles. The van der Waals surface area contributed by atoms with Gasteiger partial charge in [-0.2, -0.15) is 4.80 Å². The lowest BCUT2D eigenvalue weighted by Crippen LogP contribution is -2.37. The summed E-state index contributed by atoms with van der Waals surface area (Å²) in [4.78, 5) is 4.03. The maximum Gasteiger partial charge on any atom is 0.197 e. The first kappa shape index (κ1) is 24.7. The van der Waals surface area contributed by atoms with E-state index < -0.39 is 0 Å². The van der Waals surface area contributed by atoms with Gasteiger partial charge in [-0.15, -0.1) is 10.2 Å². The summed E-state index contributed by atoms with van der Waals surface area (Å²) in [6, 6.07) is 21.9. The third-order valence-corrected chi connectivity index (χ3v) is 7.02. The number of hydrogen-bond acceptors (Lipinski definition) is 5. The van der Waals surface area contributed by atoms with Crippen LogP contribution in [0, 0.1) is 5.82 Å². The number of benzene rings is 3. The Labute approximate surface area is 217 Å². The number of rotatable bonds is 8. The van der Waals surface area contributed by atoms with Gasteiger partial charge in [-0.3, -0.25) is 0 Å². The van der Waals surface area contributed by atoms with Gasteiger partial charge >= 0.3 is 0 Å². The summed E-state index contributed by atoms with van der Waals surface area (Å²) >= 11 is 0. The van der Waals surface area contributed by atoms with Crippen LogP contribution >= 0.6 is 0 Å². The van der Waals surface area contributed by atoms with Crippen molar-refractivity contribution in [3.63, 3.8) is 0 Å². The average Bonchev–Trinajstić information content (AvgIpc) is 3.39. The Bertz CT molecular complexity index is 1360. The molecule has 0 spiro atoms. The standard InChI is InChI=1S/C30H32FN5O/c1-4-5-18-35-33-30(32-34-35)17-8-22-6-9-23(10-7-22)29-20-24-19-27(37-3)15-16-28(24)21(2)36(29)26-13-11-25(31)12-14-26/h6-17,19,21,29H,4-5,18,20H2,1-3H3/b17-8+. The fourth-order valence-corrected chi connectivity index (χ4v) is 5.03. The lowest BCUT2D eigenvalue weighted by Gasteiger charge is -2.44. The smallest absolute Gasteiger partial charge is 0.197 e. The first-order valence-electron chi connectivity index (χ1n) is 12.8. The fourth-order valence-electron chi connectivity index (χ4n) is 5.03. The third-order valence-electron chi connectivity index (χ3n) is 7.02. The zero-order chi connectivity index (χ0) is 25.8. The predicted molar refractivity (Wildman–Crippen MR) is 145 cm³/mol. The molecule has 0 bridgehead atoms. The Morgan fingerprint density at radius 2 is 1.81 bits per heavy atom. The molecule has 6 nitrogen and oxygen atoms in total. The molecule has 190 valence electrons. The Hall–Kier alpha value is -4.00. The molecule has 2 unspecified atom stereocenters. The molecule has 0 N–H and O–H groups in total. The maximum atomic E-state index is 13.7. The van der Waals surface area contributed by atoms with Gasteiger partial charge in [0.1, 0.15) is 11.6 Å². The van der Waals surface area contributed by atoms with Crippen LogP contribution in [0.3, 0.4) is 0 Å². The van der Waals surface area contributed by atoms with Crippen molar-refractivity contribution < 1.29 is 9.13 Å². The van der Waals surface area contributed by atoms with E-state index in [1.165, 1.54) is 28.8 Å². The Balaban J connectivity index is 1.42. The van der Waals surface area contributed by atoms with Crippen LogP contribution in [0.2, 0.25) is 0 Å². The number of halogens is 1. The fraction of sp³-hybridized carbons (Fsp3) is 0.300. The van der Waals surface area contributed by atoms with Crippen molar-refractivity contribution in [1.29, 1.82) is 0 Å². The van der Waals surface area contributed by atoms with E-state index in [1.54, 1.807) is 11.9 Å². The Morgan fingerprint density at radius 1 is 1.03 bits per heavy atom. The molecule has 0 fully saturated rings. The summed E-state index contributed by atoms with van der Waals surface area (Å²) in [5, 5.41) is 12.6. The summed E-state index contributed by atoms with van der Waals surface area (Å²) < 4.78 is 19.2. The number of methoxy groups -OCH3 is 1. The largest absolute Gasteiger partial charge is 0.497 e. The van der Waals surface area contributed by atoms with E-state index in [0.717, 1.165) is 42.8 Å². The molecule has 4 aromatic rings. The highest BCUT2D eigenvalue weighted by Gasteiger charge is 2.33. The minimum atomic E-state index is -0.230. The van der Waals surface area contributed by atoms with Crippen molar-refractivity contribution >= 4 is 17.8 Å². The quantitative estimate of drug-likeness (QED) is 0.273. The summed E-state index contributed by atoms with van der Waals surface area (Å²) in [5.41, 5.74) is 5.80. The summed E-state index contributed by atoms with van der Waals surface area (Å²) in [6.07, 6.45) is 6.85. The lowest BCUT2D eigenvalue weighted by atomic mass is 9.85. The molecular formula is C30H32FN5O. The minimum absolute atomic E-state index is 0.0956. The van der Waals surface area contributed by atoms with Crippen LogP contribution in [0.4, 0.5) is 10.1 Å². The van der Waals surface area contributed by atoms with Crippen molar-refractivity contribution in [2.75, 3.05) is 12.0 Å². The number of anilines is 1. The van der Waals surface area contributed by atoms with Gasteiger partial charge in [-0.1, -0.05) is 49.8 Å². The van der Waals surface area contributed by atoms with Gasteiger partial charge < -0.3 is 9.64 Å². The second-order valence-electron chi connectivity index (χ2n) is 9.44. The van der Waals surface area contributed by atoms with Gasteiger partial charge in [0.15, 0.2) is 5.82 Å². The van der Waals surface area contributed by atoms with Crippen molar-refractivity contribution in [3.8, 4) is 5.75 Å².